The molecular weight excluding hydrogens is 305 g/mol. The molecule has 0 heterocycles. The van der Waals surface area contributed by atoms with E-state index in [-0.39, 0.29) is 5.82 Å². The maximum Gasteiger partial charge on any atom is 0.123 e. The van der Waals surface area contributed by atoms with Crippen molar-refractivity contribution in [3.8, 4) is 0 Å². The minimum absolute atomic E-state index is 0.281. The summed E-state index contributed by atoms with van der Waals surface area (Å²) in [5, 5.41) is 4.36. The first-order valence-electron chi connectivity index (χ1n) is 6.17. The molecule has 0 aliphatic rings. The molecule has 0 spiro atoms. The standard InChI is InChI=1S/C17H17ClFNS/c1-6-11(2)12(3)17(13(4)18)21-14(5)20-16-9-7-15(19)8-10-16/h7-10,20H,1,3,5H2,2,4H3/b17-13+. The van der Waals surface area contributed by atoms with E-state index >= 15 is 0 Å². The van der Waals surface area contributed by atoms with E-state index in [4.69, 9.17) is 11.6 Å². The van der Waals surface area contributed by atoms with Crippen molar-refractivity contribution in [1.29, 1.82) is 0 Å². The third kappa shape index (κ3) is 5.31. The van der Waals surface area contributed by atoms with Crippen molar-refractivity contribution in [1.82, 2.24) is 0 Å². The fourth-order valence-electron chi connectivity index (χ4n) is 1.46. The lowest BCUT2D eigenvalue weighted by Gasteiger charge is -2.14. The minimum atomic E-state index is -0.281. The summed E-state index contributed by atoms with van der Waals surface area (Å²) in [6.07, 6.45) is 0. The van der Waals surface area contributed by atoms with E-state index in [1.165, 1.54) is 23.9 Å². The highest BCUT2D eigenvalue weighted by molar-refractivity contribution is 8.07. The Hall–Kier alpha value is -1.67. The highest BCUT2D eigenvalue weighted by Gasteiger charge is 2.11. The molecule has 0 fully saturated rings. The molecule has 1 aromatic carbocycles. The van der Waals surface area contributed by atoms with Gasteiger partial charge in [-0.2, -0.15) is 0 Å². The monoisotopic (exact) mass is 321 g/mol. The van der Waals surface area contributed by atoms with E-state index in [9.17, 15) is 4.39 Å². The van der Waals surface area contributed by atoms with Gasteiger partial charge in [-0.3, -0.25) is 0 Å². The predicted octanol–water partition coefficient (Wildman–Crippen LogP) is 6.20. The van der Waals surface area contributed by atoms with Gasteiger partial charge in [-0.25, -0.2) is 4.39 Å². The first-order valence-corrected chi connectivity index (χ1v) is 7.36. The highest BCUT2D eigenvalue weighted by atomic mass is 35.5. The van der Waals surface area contributed by atoms with Crippen LogP contribution in [-0.2, 0) is 0 Å². The van der Waals surface area contributed by atoms with Crippen LogP contribution in [0.25, 0.3) is 0 Å². The van der Waals surface area contributed by atoms with Crippen LogP contribution in [0.3, 0.4) is 0 Å². The Morgan fingerprint density at radius 1 is 1.24 bits per heavy atom. The maximum atomic E-state index is 12.9. The van der Waals surface area contributed by atoms with Gasteiger partial charge < -0.3 is 5.32 Å². The molecule has 1 N–H and O–H groups in total. The van der Waals surface area contributed by atoms with Crippen LogP contribution in [0.1, 0.15) is 13.8 Å². The van der Waals surface area contributed by atoms with Gasteiger partial charge >= 0.3 is 0 Å². The molecule has 0 saturated heterocycles. The van der Waals surface area contributed by atoms with Crippen molar-refractivity contribution in [3.63, 3.8) is 0 Å². The quantitative estimate of drug-likeness (QED) is 0.494. The van der Waals surface area contributed by atoms with Crippen molar-refractivity contribution in [2.75, 3.05) is 5.32 Å². The number of rotatable bonds is 6. The molecule has 0 saturated carbocycles. The number of thioether (sulfide) groups is 1. The lowest BCUT2D eigenvalue weighted by atomic mass is 10.1. The summed E-state index contributed by atoms with van der Waals surface area (Å²) in [4.78, 5) is 0.796. The fourth-order valence-corrected chi connectivity index (χ4v) is 2.52. The Morgan fingerprint density at radius 3 is 2.29 bits per heavy atom. The van der Waals surface area contributed by atoms with Crippen LogP contribution >= 0.6 is 23.4 Å². The summed E-state index contributed by atoms with van der Waals surface area (Å²) in [6, 6.07) is 6.05. The molecule has 0 unspecified atom stereocenters. The largest absolute Gasteiger partial charge is 0.350 e. The van der Waals surface area contributed by atoms with Crippen LogP contribution in [0.15, 0.2) is 75.8 Å². The average Bonchev–Trinajstić information content (AvgIpc) is 2.45. The molecule has 110 valence electrons. The lowest BCUT2D eigenvalue weighted by Crippen LogP contribution is -1.97. The molecule has 0 aliphatic carbocycles. The van der Waals surface area contributed by atoms with Gasteiger partial charge in [0.2, 0.25) is 0 Å². The molecule has 0 aliphatic heterocycles. The molecule has 0 atom stereocenters. The molecule has 0 bridgehead atoms. The zero-order chi connectivity index (χ0) is 16.0. The third-order valence-corrected chi connectivity index (χ3v) is 4.06. The lowest BCUT2D eigenvalue weighted by molar-refractivity contribution is 0.628. The summed E-state index contributed by atoms with van der Waals surface area (Å²) in [6.45, 7) is 15.2. The van der Waals surface area contributed by atoms with Crippen molar-refractivity contribution >= 4 is 29.1 Å². The second-order valence-electron chi connectivity index (χ2n) is 4.30. The van der Waals surface area contributed by atoms with Gasteiger partial charge in [0, 0.05) is 15.6 Å². The molecule has 4 heteroatoms. The number of allylic oxidation sites excluding steroid dienone is 3. The Labute approximate surface area is 134 Å². The first kappa shape index (κ1) is 17.4. The van der Waals surface area contributed by atoms with E-state index in [0.29, 0.717) is 10.1 Å². The normalized spacial score (nSPS) is 11.2. The molecule has 1 aromatic rings. The number of hydrogen-bond donors (Lipinski definition) is 1. The number of anilines is 1. The minimum Gasteiger partial charge on any atom is -0.350 e. The van der Waals surface area contributed by atoms with Crippen molar-refractivity contribution in [2.45, 2.75) is 13.8 Å². The number of halogens is 2. The smallest absolute Gasteiger partial charge is 0.123 e. The van der Waals surface area contributed by atoms with Gasteiger partial charge in [0.05, 0.1) is 5.03 Å². The maximum absolute atomic E-state index is 12.9. The Balaban J connectivity index is 2.84. The number of benzene rings is 1. The molecule has 1 nitrogen and oxygen atoms in total. The van der Waals surface area contributed by atoms with E-state index < -0.39 is 0 Å². The molecule has 0 amide bonds. The molecule has 0 radical (unpaired) electrons. The topological polar surface area (TPSA) is 12.0 Å². The molecule has 21 heavy (non-hydrogen) atoms. The SMILES string of the molecule is C=C=C(C)C(=C)/C(SC(=C)Nc1ccc(F)cc1)=C(/C)Cl. The van der Waals surface area contributed by atoms with Crippen LogP contribution in [0, 0.1) is 5.82 Å². The van der Waals surface area contributed by atoms with Gasteiger partial charge in [-0.05, 0) is 49.3 Å². The second-order valence-corrected chi connectivity index (χ2v) is 5.97. The highest BCUT2D eigenvalue weighted by Crippen LogP contribution is 2.36. The van der Waals surface area contributed by atoms with Gasteiger partial charge in [-0.15, -0.1) is 5.73 Å². The van der Waals surface area contributed by atoms with Crippen LogP contribution < -0.4 is 5.32 Å². The zero-order valence-electron chi connectivity index (χ0n) is 12.1. The number of nitrogens with one attached hydrogen (secondary N) is 1. The van der Waals surface area contributed by atoms with E-state index in [1.807, 2.05) is 6.92 Å². The van der Waals surface area contributed by atoms with Gasteiger partial charge in [-0.1, -0.05) is 43.1 Å². The third-order valence-electron chi connectivity index (χ3n) is 2.66. The zero-order valence-corrected chi connectivity index (χ0v) is 13.7. The van der Waals surface area contributed by atoms with E-state index in [0.717, 1.165) is 21.7 Å². The Bertz CT molecular complexity index is 633. The van der Waals surface area contributed by atoms with Gasteiger partial charge in [0.1, 0.15) is 5.82 Å². The van der Waals surface area contributed by atoms with Gasteiger partial charge in [0.25, 0.3) is 0 Å². The summed E-state index contributed by atoms with van der Waals surface area (Å²) in [5.41, 5.74) is 5.13. The molecule has 1 rings (SSSR count). The van der Waals surface area contributed by atoms with E-state index in [2.05, 4.69) is 30.8 Å². The first-order chi connectivity index (χ1) is 9.85. The summed E-state index contributed by atoms with van der Waals surface area (Å²) < 4.78 is 12.9. The van der Waals surface area contributed by atoms with Crippen LogP contribution in [0.5, 0.6) is 0 Å². The molecular formula is C17H17ClFNS. The molecule has 0 aromatic heterocycles. The Morgan fingerprint density at radius 2 is 1.81 bits per heavy atom. The van der Waals surface area contributed by atoms with Crippen molar-refractivity contribution < 1.29 is 4.39 Å². The summed E-state index contributed by atoms with van der Waals surface area (Å²) >= 11 is 7.49. The van der Waals surface area contributed by atoms with E-state index in [1.54, 1.807) is 19.1 Å². The fraction of sp³-hybridized carbons (Fsp3) is 0.118. The summed E-state index contributed by atoms with van der Waals surface area (Å²) in [5.74, 6) is -0.281. The number of hydrogen-bond acceptors (Lipinski definition) is 2. The van der Waals surface area contributed by atoms with Crippen LogP contribution in [0.4, 0.5) is 10.1 Å². The van der Waals surface area contributed by atoms with Crippen LogP contribution in [-0.4, -0.2) is 0 Å². The van der Waals surface area contributed by atoms with Crippen molar-refractivity contribution in [2.24, 2.45) is 0 Å². The van der Waals surface area contributed by atoms with Gasteiger partial charge in [0.15, 0.2) is 0 Å². The average molecular weight is 322 g/mol. The van der Waals surface area contributed by atoms with Crippen LogP contribution in [0.2, 0.25) is 0 Å². The summed E-state index contributed by atoms with van der Waals surface area (Å²) in [7, 11) is 0. The van der Waals surface area contributed by atoms with Crippen molar-refractivity contribution in [3.05, 3.63) is 81.7 Å². The predicted molar refractivity (Wildman–Crippen MR) is 92.8 cm³/mol. The Kier molecular flexibility index (Phi) is 6.57. The second kappa shape index (κ2) is 7.94.